The van der Waals surface area contributed by atoms with E-state index in [9.17, 15) is 0 Å². The zero-order valence-corrected chi connectivity index (χ0v) is 15.1. The zero-order valence-electron chi connectivity index (χ0n) is 14.3. The fourth-order valence-electron chi connectivity index (χ4n) is 4.16. The van der Waals surface area contributed by atoms with Crippen LogP contribution in [0, 0.1) is 0 Å². The lowest BCUT2D eigenvalue weighted by atomic mass is 10.1. The van der Waals surface area contributed by atoms with Crippen molar-refractivity contribution in [3.63, 3.8) is 0 Å². The van der Waals surface area contributed by atoms with Crippen molar-refractivity contribution in [3.05, 3.63) is 90.0 Å². The van der Waals surface area contributed by atoms with E-state index in [-0.39, 0.29) is 0 Å². The minimum absolute atomic E-state index is 0.709. The molecule has 0 radical (unpaired) electrons. The van der Waals surface area contributed by atoms with Crippen LogP contribution in [-0.4, -0.2) is 4.57 Å². The molecule has 0 saturated carbocycles. The zero-order chi connectivity index (χ0) is 18.0. The summed E-state index contributed by atoms with van der Waals surface area (Å²) in [6.45, 7) is 0. The molecular weight excluding hydrogens is 354 g/mol. The largest absolute Gasteiger partial charge is 0.456 e. The number of fused-ring (bicyclic) bond motifs is 6. The summed E-state index contributed by atoms with van der Waals surface area (Å²) in [5.41, 5.74) is 4.96. The van der Waals surface area contributed by atoms with Gasteiger partial charge in [0.25, 0.3) is 0 Å². The van der Waals surface area contributed by atoms with Crippen molar-refractivity contribution < 1.29 is 4.42 Å². The molecule has 2 heterocycles. The van der Waals surface area contributed by atoms with E-state index in [1.165, 1.54) is 10.8 Å². The van der Waals surface area contributed by atoms with E-state index in [0.29, 0.717) is 5.02 Å². The third kappa shape index (κ3) is 1.96. The molecule has 0 N–H and O–H groups in total. The van der Waals surface area contributed by atoms with E-state index in [1.807, 2.05) is 30.3 Å². The Bertz CT molecular complexity index is 1440. The molecule has 2 nitrogen and oxygen atoms in total. The maximum Gasteiger partial charge on any atom is 0.137 e. The van der Waals surface area contributed by atoms with Gasteiger partial charge >= 0.3 is 0 Å². The second-order valence-electron chi connectivity index (χ2n) is 6.74. The molecule has 4 aromatic carbocycles. The number of para-hydroxylation sites is 3. The highest BCUT2D eigenvalue weighted by atomic mass is 35.5. The lowest BCUT2D eigenvalue weighted by molar-refractivity contribution is 0.669. The van der Waals surface area contributed by atoms with Crippen molar-refractivity contribution in [1.82, 2.24) is 4.57 Å². The topological polar surface area (TPSA) is 18.1 Å². The minimum Gasteiger partial charge on any atom is -0.456 e. The van der Waals surface area contributed by atoms with Crippen LogP contribution < -0.4 is 0 Å². The lowest BCUT2D eigenvalue weighted by Crippen LogP contribution is -1.96. The maximum absolute atomic E-state index is 6.79. The monoisotopic (exact) mass is 367 g/mol. The van der Waals surface area contributed by atoms with Crippen LogP contribution in [0.5, 0.6) is 0 Å². The van der Waals surface area contributed by atoms with Gasteiger partial charge in [-0.05, 0) is 30.3 Å². The fraction of sp³-hybridized carbons (Fsp3) is 0. The Kier molecular flexibility index (Phi) is 2.97. The predicted molar refractivity (Wildman–Crippen MR) is 113 cm³/mol. The molecule has 6 aromatic rings. The van der Waals surface area contributed by atoms with Gasteiger partial charge < -0.3 is 8.98 Å². The summed E-state index contributed by atoms with van der Waals surface area (Å²) >= 11 is 6.79. The van der Waals surface area contributed by atoms with Crippen LogP contribution in [0.4, 0.5) is 0 Å². The summed E-state index contributed by atoms with van der Waals surface area (Å²) in [4.78, 5) is 0. The van der Waals surface area contributed by atoms with E-state index in [4.69, 9.17) is 16.0 Å². The molecule has 0 spiro atoms. The first-order valence-electron chi connectivity index (χ1n) is 8.91. The van der Waals surface area contributed by atoms with E-state index in [1.54, 1.807) is 0 Å². The molecule has 6 rings (SSSR count). The first kappa shape index (κ1) is 14.9. The number of furan rings is 1. The van der Waals surface area contributed by atoms with Crippen molar-refractivity contribution in [2.24, 2.45) is 0 Å². The van der Waals surface area contributed by atoms with Gasteiger partial charge in [0.15, 0.2) is 0 Å². The molecule has 0 amide bonds. The van der Waals surface area contributed by atoms with Crippen LogP contribution in [0.25, 0.3) is 49.4 Å². The van der Waals surface area contributed by atoms with Crippen LogP contribution in [0.3, 0.4) is 0 Å². The van der Waals surface area contributed by atoms with Gasteiger partial charge in [-0.1, -0.05) is 66.2 Å². The van der Waals surface area contributed by atoms with Crippen molar-refractivity contribution in [2.75, 3.05) is 0 Å². The number of rotatable bonds is 1. The van der Waals surface area contributed by atoms with Crippen molar-refractivity contribution in [3.8, 4) is 5.69 Å². The first-order chi connectivity index (χ1) is 13.3. The Morgan fingerprint density at radius 1 is 0.593 bits per heavy atom. The molecule has 0 aliphatic carbocycles. The molecule has 0 fully saturated rings. The quantitative estimate of drug-likeness (QED) is 0.297. The SMILES string of the molecule is Clc1ccc2oc3ccccc3c2c1-n1c2ccccc2c2ccccc21. The summed E-state index contributed by atoms with van der Waals surface area (Å²) < 4.78 is 8.36. The number of halogens is 1. The number of aromatic nitrogens is 1. The molecule has 0 aliphatic rings. The molecule has 2 aromatic heterocycles. The second-order valence-corrected chi connectivity index (χ2v) is 7.14. The van der Waals surface area contributed by atoms with Gasteiger partial charge in [-0.25, -0.2) is 0 Å². The average molecular weight is 368 g/mol. The molecule has 128 valence electrons. The van der Waals surface area contributed by atoms with Crippen LogP contribution in [0.15, 0.2) is 89.3 Å². The fourth-order valence-corrected chi connectivity index (χ4v) is 4.40. The summed E-state index contributed by atoms with van der Waals surface area (Å²) in [6, 6.07) is 28.9. The van der Waals surface area contributed by atoms with Gasteiger partial charge in [0.05, 0.1) is 27.1 Å². The van der Waals surface area contributed by atoms with Crippen LogP contribution in [0.2, 0.25) is 5.02 Å². The molecule has 27 heavy (non-hydrogen) atoms. The maximum atomic E-state index is 6.79. The predicted octanol–water partition coefficient (Wildman–Crippen LogP) is 7.34. The molecule has 0 atom stereocenters. The van der Waals surface area contributed by atoms with E-state index in [0.717, 1.165) is 38.7 Å². The Morgan fingerprint density at radius 3 is 1.89 bits per heavy atom. The highest BCUT2D eigenvalue weighted by Crippen LogP contribution is 2.41. The molecule has 3 heteroatoms. The lowest BCUT2D eigenvalue weighted by Gasteiger charge is -2.11. The molecule has 0 bridgehead atoms. The smallest absolute Gasteiger partial charge is 0.137 e. The summed E-state index contributed by atoms with van der Waals surface area (Å²) in [6.07, 6.45) is 0. The van der Waals surface area contributed by atoms with Gasteiger partial charge in [-0.2, -0.15) is 0 Å². The molecule has 0 saturated heterocycles. The van der Waals surface area contributed by atoms with E-state index >= 15 is 0 Å². The third-order valence-electron chi connectivity index (χ3n) is 5.27. The van der Waals surface area contributed by atoms with Gasteiger partial charge in [0, 0.05) is 16.2 Å². The average Bonchev–Trinajstić information content (AvgIpc) is 3.25. The van der Waals surface area contributed by atoms with Crippen molar-refractivity contribution in [1.29, 1.82) is 0 Å². The summed E-state index contributed by atoms with van der Waals surface area (Å²) in [5.74, 6) is 0. The van der Waals surface area contributed by atoms with Gasteiger partial charge in [-0.3, -0.25) is 0 Å². The first-order valence-corrected chi connectivity index (χ1v) is 9.29. The molecular formula is C24H14ClNO. The standard InChI is InChI=1S/C24H14ClNO/c25-18-13-14-22-23(17-9-3-6-12-21(17)27-22)24(18)26-19-10-4-1-7-15(19)16-8-2-5-11-20(16)26/h1-14H. The van der Waals surface area contributed by atoms with Crippen molar-refractivity contribution in [2.45, 2.75) is 0 Å². The van der Waals surface area contributed by atoms with Crippen LogP contribution in [0.1, 0.15) is 0 Å². The van der Waals surface area contributed by atoms with E-state index in [2.05, 4.69) is 59.2 Å². The summed E-state index contributed by atoms with van der Waals surface area (Å²) in [7, 11) is 0. The van der Waals surface area contributed by atoms with Crippen LogP contribution >= 0.6 is 11.6 Å². The Hall–Kier alpha value is -3.23. The molecule has 0 aliphatic heterocycles. The number of hydrogen-bond donors (Lipinski definition) is 0. The van der Waals surface area contributed by atoms with Gasteiger partial charge in [0.1, 0.15) is 11.2 Å². The van der Waals surface area contributed by atoms with Crippen molar-refractivity contribution >= 4 is 55.3 Å². The highest BCUT2D eigenvalue weighted by molar-refractivity contribution is 6.35. The minimum atomic E-state index is 0.709. The highest BCUT2D eigenvalue weighted by Gasteiger charge is 2.19. The molecule has 0 unspecified atom stereocenters. The van der Waals surface area contributed by atoms with Crippen LogP contribution in [-0.2, 0) is 0 Å². The Balaban J connectivity index is 1.90. The number of nitrogens with zero attached hydrogens (tertiary/aromatic N) is 1. The van der Waals surface area contributed by atoms with E-state index < -0.39 is 0 Å². The Morgan fingerprint density at radius 2 is 1.19 bits per heavy atom. The third-order valence-corrected chi connectivity index (χ3v) is 5.58. The number of benzene rings is 4. The Labute approximate surface area is 160 Å². The second kappa shape index (κ2) is 5.38. The van der Waals surface area contributed by atoms with Gasteiger partial charge in [-0.15, -0.1) is 0 Å². The number of hydrogen-bond acceptors (Lipinski definition) is 1. The van der Waals surface area contributed by atoms with Gasteiger partial charge in [0.2, 0.25) is 0 Å². The normalized spacial score (nSPS) is 11.9. The summed E-state index contributed by atoms with van der Waals surface area (Å²) in [5, 5.41) is 5.26.